The van der Waals surface area contributed by atoms with Gasteiger partial charge in [-0.05, 0) is 25.2 Å². The molecular weight excluding hydrogens is 200 g/mol. The van der Waals surface area contributed by atoms with Crippen LogP contribution in [0, 0.1) is 5.41 Å². The van der Waals surface area contributed by atoms with Crippen molar-refractivity contribution in [3.05, 3.63) is 0 Å². The summed E-state index contributed by atoms with van der Waals surface area (Å²) in [4.78, 5) is 11.3. The summed E-state index contributed by atoms with van der Waals surface area (Å²) in [6.07, 6.45) is 5.76. The number of amides is 1. The van der Waals surface area contributed by atoms with E-state index in [0.29, 0.717) is 17.9 Å². The Kier molecular flexibility index (Phi) is 4.78. The van der Waals surface area contributed by atoms with Gasteiger partial charge < -0.3 is 10.6 Å². The molecule has 16 heavy (non-hydrogen) atoms. The highest BCUT2D eigenvalue weighted by atomic mass is 16.1. The van der Waals surface area contributed by atoms with Crippen LogP contribution in [0.4, 0.5) is 0 Å². The van der Waals surface area contributed by atoms with Crippen LogP contribution in [-0.2, 0) is 4.79 Å². The molecule has 1 fully saturated rings. The first-order chi connectivity index (χ1) is 7.45. The summed E-state index contributed by atoms with van der Waals surface area (Å²) in [5.41, 5.74) is 0.370. The maximum absolute atomic E-state index is 11.3. The van der Waals surface area contributed by atoms with Crippen LogP contribution in [0.3, 0.4) is 0 Å². The zero-order valence-electron chi connectivity index (χ0n) is 11.1. The standard InChI is InChI=1S/C13H26N2O/c1-10(9-12(16)14-4)15-11-7-5-6-8-13(11,2)3/h10-11,15H,5-9H2,1-4H3,(H,14,16). The predicted octanol–water partition coefficient (Wildman–Crippen LogP) is 2.07. The second kappa shape index (κ2) is 5.67. The molecule has 0 aromatic heterocycles. The first-order valence-electron chi connectivity index (χ1n) is 6.42. The Morgan fingerprint density at radius 3 is 2.69 bits per heavy atom. The van der Waals surface area contributed by atoms with Crippen molar-refractivity contribution in [2.75, 3.05) is 7.05 Å². The van der Waals surface area contributed by atoms with Gasteiger partial charge in [-0.1, -0.05) is 26.7 Å². The van der Waals surface area contributed by atoms with E-state index in [0.717, 1.165) is 0 Å². The van der Waals surface area contributed by atoms with E-state index < -0.39 is 0 Å². The minimum absolute atomic E-state index is 0.119. The molecule has 0 aliphatic heterocycles. The monoisotopic (exact) mass is 226 g/mol. The quantitative estimate of drug-likeness (QED) is 0.770. The summed E-state index contributed by atoms with van der Waals surface area (Å²) >= 11 is 0. The molecule has 1 aliphatic rings. The molecule has 1 saturated carbocycles. The largest absolute Gasteiger partial charge is 0.359 e. The molecule has 1 aliphatic carbocycles. The van der Waals surface area contributed by atoms with Gasteiger partial charge in [0.1, 0.15) is 0 Å². The van der Waals surface area contributed by atoms with E-state index in [9.17, 15) is 4.79 Å². The van der Waals surface area contributed by atoms with Crippen LogP contribution in [0.25, 0.3) is 0 Å². The SMILES string of the molecule is CNC(=O)CC(C)NC1CCCCC1(C)C. The minimum Gasteiger partial charge on any atom is -0.359 e. The third-order valence-corrected chi connectivity index (χ3v) is 3.76. The number of carbonyl (C=O) groups is 1. The van der Waals surface area contributed by atoms with E-state index in [1.807, 2.05) is 0 Å². The van der Waals surface area contributed by atoms with E-state index >= 15 is 0 Å². The van der Waals surface area contributed by atoms with Crippen molar-refractivity contribution in [3.63, 3.8) is 0 Å². The molecule has 0 spiro atoms. The third kappa shape index (κ3) is 3.78. The minimum atomic E-state index is 0.119. The first kappa shape index (κ1) is 13.5. The summed E-state index contributed by atoms with van der Waals surface area (Å²) in [6, 6.07) is 0.822. The van der Waals surface area contributed by atoms with Crippen LogP contribution in [0.1, 0.15) is 52.9 Å². The number of nitrogens with one attached hydrogen (secondary N) is 2. The topological polar surface area (TPSA) is 41.1 Å². The number of carbonyl (C=O) groups excluding carboxylic acids is 1. The molecule has 3 heteroatoms. The Bertz CT molecular complexity index is 238. The highest BCUT2D eigenvalue weighted by molar-refractivity contribution is 5.76. The van der Waals surface area contributed by atoms with E-state index in [1.54, 1.807) is 7.05 Å². The summed E-state index contributed by atoms with van der Waals surface area (Å²) in [7, 11) is 1.69. The lowest BCUT2D eigenvalue weighted by atomic mass is 9.73. The molecular formula is C13H26N2O. The van der Waals surface area contributed by atoms with Gasteiger partial charge in [-0.3, -0.25) is 4.79 Å². The van der Waals surface area contributed by atoms with Gasteiger partial charge in [0.2, 0.25) is 5.91 Å². The van der Waals surface area contributed by atoms with Crippen LogP contribution >= 0.6 is 0 Å². The van der Waals surface area contributed by atoms with Gasteiger partial charge in [-0.2, -0.15) is 0 Å². The molecule has 2 N–H and O–H groups in total. The van der Waals surface area contributed by atoms with Crippen molar-refractivity contribution in [2.45, 2.75) is 65.0 Å². The summed E-state index contributed by atoms with van der Waals surface area (Å²) in [5, 5.41) is 6.29. The molecule has 1 rings (SSSR count). The second-order valence-corrected chi connectivity index (χ2v) is 5.73. The maximum Gasteiger partial charge on any atom is 0.221 e. The first-order valence-corrected chi connectivity index (χ1v) is 6.42. The van der Waals surface area contributed by atoms with Crippen molar-refractivity contribution >= 4 is 5.91 Å². The highest BCUT2D eigenvalue weighted by Crippen LogP contribution is 2.35. The van der Waals surface area contributed by atoms with Gasteiger partial charge in [-0.15, -0.1) is 0 Å². The lowest BCUT2D eigenvalue weighted by Gasteiger charge is -2.40. The summed E-state index contributed by atoms with van der Waals surface area (Å²) in [5.74, 6) is 0.119. The fourth-order valence-corrected chi connectivity index (χ4v) is 2.59. The molecule has 1 amide bonds. The van der Waals surface area contributed by atoms with Gasteiger partial charge in [0.15, 0.2) is 0 Å². The van der Waals surface area contributed by atoms with Crippen LogP contribution in [0.5, 0.6) is 0 Å². The number of hydrogen-bond acceptors (Lipinski definition) is 2. The van der Waals surface area contributed by atoms with Gasteiger partial charge in [0.25, 0.3) is 0 Å². The molecule has 0 heterocycles. The third-order valence-electron chi connectivity index (χ3n) is 3.76. The van der Waals surface area contributed by atoms with Gasteiger partial charge in [0, 0.05) is 25.6 Å². The highest BCUT2D eigenvalue weighted by Gasteiger charge is 2.32. The Balaban J connectivity index is 2.42. The average molecular weight is 226 g/mol. The molecule has 0 radical (unpaired) electrons. The molecule has 0 bridgehead atoms. The fourth-order valence-electron chi connectivity index (χ4n) is 2.59. The van der Waals surface area contributed by atoms with Crippen LogP contribution in [0.2, 0.25) is 0 Å². The average Bonchev–Trinajstić information content (AvgIpc) is 2.21. The van der Waals surface area contributed by atoms with Crippen LogP contribution in [0.15, 0.2) is 0 Å². The molecule has 2 unspecified atom stereocenters. The van der Waals surface area contributed by atoms with E-state index in [-0.39, 0.29) is 11.9 Å². The zero-order chi connectivity index (χ0) is 12.2. The van der Waals surface area contributed by atoms with Gasteiger partial charge in [-0.25, -0.2) is 0 Å². The summed E-state index contributed by atoms with van der Waals surface area (Å²) < 4.78 is 0. The van der Waals surface area contributed by atoms with E-state index in [4.69, 9.17) is 0 Å². The Labute approximate surface area is 99.4 Å². The Hall–Kier alpha value is -0.570. The summed E-state index contributed by atoms with van der Waals surface area (Å²) in [6.45, 7) is 6.76. The van der Waals surface area contributed by atoms with Crippen molar-refractivity contribution < 1.29 is 4.79 Å². The predicted molar refractivity (Wildman–Crippen MR) is 67.3 cm³/mol. The normalized spacial score (nSPS) is 26.1. The molecule has 0 aromatic carbocycles. The van der Waals surface area contributed by atoms with Crippen LogP contribution in [-0.4, -0.2) is 25.0 Å². The molecule has 3 nitrogen and oxygen atoms in total. The maximum atomic E-state index is 11.3. The van der Waals surface area contributed by atoms with Crippen molar-refractivity contribution in [1.29, 1.82) is 0 Å². The fraction of sp³-hybridized carbons (Fsp3) is 0.923. The Morgan fingerprint density at radius 1 is 1.44 bits per heavy atom. The molecule has 2 atom stereocenters. The lowest BCUT2D eigenvalue weighted by Crippen LogP contribution is -2.48. The van der Waals surface area contributed by atoms with Crippen molar-refractivity contribution in [3.8, 4) is 0 Å². The Morgan fingerprint density at radius 2 is 2.12 bits per heavy atom. The van der Waals surface area contributed by atoms with Crippen molar-refractivity contribution in [2.24, 2.45) is 5.41 Å². The number of rotatable bonds is 4. The molecule has 94 valence electrons. The van der Waals surface area contributed by atoms with E-state index in [1.165, 1.54) is 25.7 Å². The molecule has 0 aromatic rings. The smallest absolute Gasteiger partial charge is 0.221 e. The van der Waals surface area contributed by atoms with E-state index in [2.05, 4.69) is 31.4 Å². The molecule has 0 saturated heterocycles. The zero-order valence-corrected chi connectivity index (χ0v) is 11.1. The number of hydrogen-bond donors (Lipinski definition) is 2. The van der Waals surface area contributed by atoms with Crippen molar-refractivity contribution in [1.82, 2.24) is 10.6 Å². The lowest BCUT2D eigenvalue weighted by molar-refractivity contribution is -0.121. The second-order valence-electron chi connectivity index (χ2n) is 5.73. The van der Waals surface area contributed by atoms with Gasteiger partial charge in [0.05, 0.1) is 0 Å². The van der Waals surface area contributed by atoms with Gasteiger partial charge >= 0.3 is 0 Å². The van der Waals surface area contributed by atoms with Crippen LogP contribution < -0.4 is 10.6 Å².